The van der Waals surface area contributed by atoms with E-state index in [1.165, 1.54) is 97.9 Å². The lowest BCUT2D eigenvalue weighted by atomic mass is 10.0. The Morgan fingerprint density at radius 2 is 0.938 bits per heavy atom. The Morgan fingerprint density at radius 3 is 1.28 bits per heavy atom. The van der Waals surface area contributed by atoms with Gasteiger partial charge in [-0.15, -0.1) is 22.7 Å². The van der Waals surface area contributed by atoms with Gasteiger partial charge in [0.15, 0.2) is 11.6 Å². The van der Waals surface area contributed by atoms with E-state index in [1.807, 2.05) is 0 Å². The van der Waals surface area contributed by atoms with E-state index in [2.05, 4.69) is 26.0 Å². The Bertz CT molecular complexity index is 773. The van der Waals surface area contributed by atoms with Crippen LogP contribution < -0.4 is 0 Å². The van der Waals surface area contributed by atoms with Crippen molar-refractivity contribution in [2.75, 3.05) is 0 Å². The van der Waals surface area contributed by atoms with Crippen molar-refractivity contribution in [3.05, 3.63) is 33.0 Å². The second-order valence-corrected chi connectivity index (χ2v) is 11.2. The van der Waals surface area contributed by atoms with Crippen LogP contribution >= 0.6 is 22.7 Å². The molecule has 0 N–H and O–H groups in total. The fourth-order valence-corrected chi connectivity index (χ4v) is 6.56. The number of carbonyl (C=O) groups excluding carboxylic acids is 2. The zero-order valence-corrected chi connectivity index (χ0v) is 22.3. The largest absolute Gasteiger partial charge is 0.294 e. The fraction of sp³-hybridized carbons (Fsp3) is 0.643. The van der Waals surface area contributed by atoms with Crippen LogP contribution in [0.3, 0.4) is 0 Å². The molecule has 0 fully saturated rings. The van der Waals surface area contributed by atoms with Crippen LogP contribution in [0.15, 0.2) is 12.1 Å². The number of carbonyl (C=O) groups is 2. The average Bonchev–Trinajstić information content (AvgIpc) is 3.37. The summed E-state index contributed by atoms with van der Waals surface area (Å²) in [5.74, 6) is 0.289. The van der Waals surface area contributed by atoms with E-state index in [1.54, 1.807) is 36.5 Å². The van der Waals surface area contributed by atoms with Gasteiger partial charge in [0.2, 0.25) is 0 Å². The van der Waals surface area contributed by atoms with Crippen molar-refractivity contribution in [1.29, 1.82) is 0 Å². The standard InChI is InChI=1S/C28H42O2S2/c1-5-7-9-11-13-15-17-23-19-25(21(3)29)31-27(23)28-24(20-26(32-28)22(4)30)18-16-14-12-10-8-6-2/h19-20H,5-18H2,1-4H3. The molecule has 0 spiro atoms. The van der Waals surface area contributed by atoms with E-state index in [9.17, 15) is 9.59 Å². The van der Waals surface area contributed by atoms with Crippen molar-refractivity contribution in [3.8, 4) is 9.75 Å². The zero-order chi connectivity index (χ0) is 23.3. The van der Waals surface area contributed by atoms with Gasteiger partial charge in [-0.2, -0.15) is 0 Å². The summed E-state index contributed by atoms with van der Waals surface area (Å²) in [6.45, 7) is 7.83. The number of hydrogen-bond acceptors (Lipinski definition) is 4. The molecular weight excluding hydrogens is 432 g/mol. The Morgan fingerprint density at radius 1 is 0.594 bits per heavy atom. The lowest BCUT2D eigenvalue weighted by molar-refractivity contribution is 0.101. The van der Waals surface area contributed by atoms with Gasteiger partial charge in [-0.3, -0.25) is 9.59 Å². The first-order valence-corrected chi connectivity index (χ1v) is 14.4. The average molecular weight is 475 g/mol. The Labute approximate surface area is 203 Å². The molecule has 0 radical (unpaired) electrons. The van der Waals surface area contributed by atoms with E-state index >= 15 is 0 Å². The molecule has 0 aliphatic rings. The molecule has 0 saturated carbocycles. The molecule has 2 aromatic heterocycles. The summed E-state index contributed by atoms with van der Waals surface area (Å²) in [5.41, 5.74) is 2.61. The van der Waals surface area contributed by atoms with Crippen LogP contribution in [0.2, 0.25) is 0 Å². The summed E-state index contributed by atoms with van der Waals surface area (Å²) < 4.78 is 0. The fourth-order valence-electron chi connectivity index (χ4n) is 4.15. The number of ketones is 2. The number of hydrogen-bond donors (Lipinski definition) is 0. The Hall–Kier alpha value is -1.26. The summed E-state index contributed by atoms with van der Waals surface area (Å²) >= 11 is 3.26. The molecule has 0 aliphatic heterocycles. The first kappa shape index (κ1) is 27.0. The van der Waals surface area contributed by atoms with Gasteiger partial charge in [-0.25, -0.2) is 0 Å². The van der Waals surface area contributed by atoms with Crippen molar-refractivity contribution in [2.24, 2.45) is 0 Å². The van der Waals surface area contributed by atoms with Crippen LogP contribution in [-0.4, -0.2) is 11.6 Å². The number of aryl methyl sites for hydroxylation is 2. The van der Waals surface area contributed by atoms with Gasteiger partial charge >= 0.3 is 0 Å². The third-order valence-electron chi connectivity index (χ3n) is 6.12. The molecule has 0 aliphatic carbocycles. The number of Topliss-reactive ketones (excluding diaryl/α,β-unsaturated/α-hetero) is 2. The monoisotopic (exact) mass is 474 g/mol. The molecule has 2 aromatic rings. The maximum Gasteiger partial charge on any atom is 0.169 e. The molecule has 2 rings (SSSR count). The maximum atomic E-state index is 12.1. The summed E-state index contributed by atoms with van der Waals surface area (Å²) in [4.78, 5) is 28.5. The highest BCUT2D eigenvalue weighted by atomic mass is 32.1. The molecule has 0 saturated heterocycles. The SMILES string of the molecule is CCCCCCCCc1cc(C(C)=O)sc1-c1sc(C(C)=O)cc1CCCCCCCC. The highest BCUT2D eigenvalue weighted by Crippen LogP contribution is 2.41. The molecule has 0 atom stereocenters. The predicted octanol–water partition coefficient (Wildman–Crippen LogP) is 9.69. The summed E-state index contributed by atoms with van der Waals surface area (Å²) in [7, 11) is 0. The predicted molar refractivity (Wildman–Crippen MR) is 142 cm³/mol. The minimum atomic E-state index is 0.145. The molecule has 178 valence electrons. The molecule has 2 nitrogen and oxygen atoms in total. The highest BCUT2D eigenvalue weighted by Gasteiger charge is 2.20. The van der Waals surface area contributed by atoms with Gasteiger partial charge in [-0.1, -0.05) is 78.1 Å². The third-order valence-corrected chi connectivity index (χ3v) is 8.84. The molecule has 32 heavy (non-hydrogen) atoms. The van der Waals surface area contributed by atoms with Crippen molar-refractivity contribution >= 4 is 34.2 Å². The minimum absolute atomic E-state index is 0.145. The molecule has 0 amide bonds. The van der Waals surface area contributed by atoms with Gasteiger partial charge < -0.3 is 0 Å². The van der Waals surface area contributed by atoms with Crippen molar-refractivity contribution in [3.63, 3.8) is 0 Å². The third kappa shape index (κ3) is 8.59. The van der Waals surface area contributed by atoms with Gasteiger partial charge in [-0.05, 0) is 62.8 Å². The maximum absolute atomic E-state index is 12.1. The van der Waals surface area contributed by atoms with Crippen molar-refractivity contribution < 1.29 is 9.59 Å². The summed E-state index contributed by atoms with van der Waals surface area (Å²) in [6, 6.07) is 4.24. The van der Waals surface area contributed by atoms with E-state index < -0.39 is 0 Å². The molecular formula is C28H42O2S2. The number of thiophene rings is 2. The van der Waals surface area contributed by atoms with Crippen molar-refractivity contribution in [1.82, 2.24) is 0 Å². The van der Waals surface area contributed by atoms with Crippen LogP contribution in [0.25, 0.3) is 9.75 Å². The van der Waals surface area contributed by atoms with Gasteiger partial charge in [0.1, 0.15) is 0 Å². The highest BCUT2D eigenvalue weighted by molar-refractivity contribution is 7.24. The smallest absolute Gasteiger partial charge is 0.169 e. The van der Waals surface area contributed by atoms with Crippen molar-refractivity contribution in [2.45, 2.75) is 118 Å². The van der Waals surface area contributed by atoms with Gasteiger partial charge in [0, 0.05) is 9.75 Å². The van der Waals surface area contributed by atoms with Crippen LogP contribution in [-0.2, 0) is 12.8 Å². The lowest BCUT2D eigenvalue weighted by Crippen LogP contribution is -1.90. The summed E-state index contributed by atoms with van der Waals surface area (Å²) in [5, 5.41) is 0. The quantitative estimate of drug-likeness (QED) is 0.169. The van der Waals surface area contributed by atoms with E-state index in [4.69, 9.17) is 0 Å². The normalized spacial score (nSPS) is 11.2. The topological polar surface area (TPSA) is 34.1 Å². The van der Waals surface area contributed by atoms with Crippen LogP contribution in [0, 0.1) is 0 Å². The first-order valence-electron chi connectivity index (χ1n) is 12.8. The minimum Gasteiger partial charge on any atom is -0.294 e. The van der Waals surface area contributed by atoms with Gasteiger partial charge in [0.25, 0.3) is 0 Å². The van der Waals surface area contributed by atoms with Crippen LogP contribution in [0.5, 0.6) is 0 Å². The number of rotatable bonds is 17. The van der Waals surface area contributed by atoms with E-state index in [0.717, 1.165) is 22.6 Å². The second kappa shape index (κ2) is 14.8. The van der Waals surface area contributed by atoms with E-state index in [-0.39, 0.29) is 11.6 Å². The van der Waals surface area contributed by atoms with Crippen LogP contribution in [0.4, 0.5) is 0 Å². The second-order valence-electron chi connectivity index (χ2n) is 9.08. The first-order chi connectivity index (χ1) is 15.5. The number of unbranched alkanes of at least 4 members (excludes halogenated alkanes) is 10. The zero-order valence-electron chi connectivity index (χ0n) is 20.7. The molecule has 2 heterocycles. The lowest BCUT2D eigenvalue weighted by Gasteiger charge is -2.06. The van der Waals surface area contributed by atoms with Crippen LogP contribution in [0.1, 0.15) is 135 Å². The summed E-state index contributed by atoms with van der Waals surface area (Å²) in [6.07, 6.45) is 17.3. The molecule has 0 bridgehead atoms. The Kier molecular flexibility index (Phi) is 12.5. The van der Waals surface area contributed by atoms with Gasteiger partial charge in [0.05, 0.1) is 9.75 Å². The molecule has 0 unspecified atom stereocenters. The van der Waals surface area contributed by atoms with E-state index in [0.29, 0.717) is 0 Å². The Balaban J connectivity index is 2.17. The molecule has 0 aromatic carbocycles. The molecule has 4 heteroatoms.